The van der Waals surface area contributed by atoms with Gasteiger partial charge in [-0.3, -0.25) is 4.79 Å². The largest absolute Gasteiger partial charge is 0.345 e. The highest BCUT2D eigenvalue weighted by Gasteiger charge is 2.20. The zero-order valence-electron chi connectivity index (χ0n) is 16.3. The average molecular weight is 416 g/mol. The van der Waals surface area contributed by atoms with Crippen LogP contribution in [0.5, 0.6) is 0 Å². The number of rotatable bonds is 5. The molecule has 29 heavy (non-hydrogen) atoms. The van der Waals surface area contributed by atoms with Crippen molar-refractivity contribution in [1.82, 2.24) is 25.4 Å². The first-order valence-corrected chi connectivity index (χ1v) is 9.34. The molecule has 3 aromatic rings. The van der Waals surface area contributed by atoms with Crippen LogP contribution in [0.4, 0.5) is 4.39 Å². The van der Waals surface area contributed by atoms with Crippen LogP contribution in [0.2, 0.25) is 0 Å². The Morgan fingerprint density at radius 1 is 1.21 bits per heavy atom. The zero-order chi connectivity index (χ0) is 19.7. The topological polar surface area (TPSA) is 71.8 Å². The van der Waals surface area contributed by atoms with Crippen molar-refractivity contribution in [1.29, 1.82) is 0 Å². The van der Waals surface area contributed by atoms with Crippen LogP contribution in [0, 0.1) is 5.82 Å². The second kappa shape index (κ2) is 8.71. The molecule has 0 spiro atoms. The Labute approximate surface area is 175 Å². The second-order valence-corrected chi connectivity index (χ2v) is 7.23. The normalized spacial score (nSPS) is 12.6. The molecule has 1 aliphatic rings. The minimum atomic E-state index is -0.361. The molecule has 0 bridgehead atoms. The summed E-state index contributed by atoms with van der Waals surface area (Å²) < 4.78 is 15.1. The van der Waals surface area contributed by atoms with E-state index in [2.05, 4.69) is 32.8 Å². The SMILES string of the molecule is CC(C)c1nc(C(=O)NCc2ccc3c(c2)CNC3)nn1-c1cccc(F)c1.Cl. The summed E-state index contributed by atoms with van der Waals surface area (Å²) in [4.78, 5) is 17.0. The highest BCUT2D eigenvalue weighted by molar-refractivity contribution is 5.90. The van der Waals surface area contributed by atoms with Gasteiger partial charge < -0.3 is 10.6 Å². The number of carbonyl (C=O) groups excluding carboxylic acids is 1. The summed E-state index contributed by atoms with van der Waals surface area (Å²) in [5.41, 5.74) is 4.14. The van der Waals surface area contributed by atoms with Crippen LogP contribution in [0.15, 0.2) is 42.5 Å². The van der Waals surface area contributed by atoms with Gasteiger partial charge in [0.2, 0.25) is 5.82 Å². The number of aromatic nitrogens is 3. The lowest BCUT2D eigenvalue weighted by molar-refractivity contribution is 0.0940. The lowest BCUT2D eigenvalue weighted by Crippen LogP contribution is -2.24. The van der Waals surface area contributed by atoms with E-state index in [1.54, 1.807) is 12.1 Å². The molecule has 2 heterocycles. The van der Waals surface area contributed by atoms with Gasteiger partial charge in [-0.15, -0.1) is 17.5 Å². The third-order valence-electron chi connectivity index (χ3n) is 4.76. The molecule has 1 aromatic heterocycles. The zero-order valence-corrected chi connectivity index (χ0v) is 17.1. The van der Waals surface area contributed by atoms with E-state index in [0.717, 1.165) is 18.7 Å². The van der Waals surface area contributed by atoms with Gasteiger partial charge in [0, 0.05) is 25.6 Å². The maximum Gasteiger partial charge on any atom is 0.291 e. The number of halogens is 2. The predicted molar refractivity (Wildman–Crippen MR) is 111 cm³/mol. The monoisotopic (exact) mass is 415 g/mol. The predicted octanol–water partition coefficient (Wildman–Crippen LogP) is 3.48. The van der Waals surface area contributed by atoms with E-state index >= 15 is 0 Å². The maximum absolute atomic E-state index is 13.6. The molecule has 1 aliphatic heterocycles. The van der Waals surface area contributed by atoms with Crippen LogP contribution in [0.3, 0.4) is 0 Å². The minimum Gasteiger partial charge on any atom is -0.345 e. The summed E-state index contributed by atoms with van der Waals surface area (Å²) in [5.74, 6) is 0.00662. The molecule has 0 unspecified atom stereocenters. The molecular weight excluding hydrogens is 393 g/mol. The van der Waals surface area contributed by atoms with Gasteiger partial charge in [-0.05, 0) is 34.9 Å². The summed E-state index contributed by atoms with van der Waals surface area (Å²) >= 11 is 0. The van der Waals surface area contributed by atoms with Gasteiger partial charge in [-0.1, -0.05) is 38.1 Å². The van der Waals surface area contributed by atoms with E-state index in [9.17, 15) is 9.18 Å². The number of hydrogen-bond acceptors (Lipinski definition) is 4. The van der Waals surface area contributed by atoms with E-state index in [0.29, 0.717) is 18.1 Å². The first kappa shape index (κ1) is 21.0. The molecule has 0 atom stereocenters. The van der Waals surface area contributed by atoms with Gasteiger partial charge in [-0.25, -0.2) is 14.1 Å². The lowest BCUT2D eigenvalue weighted by Gasteiger charge is -2.07. The van der Waals surface area contributed by atoms with Crippen molar-refractivity contribution in [3.8, 4) is 5.69 Å². The van der Waals surface area contributed by atoms with E-state index in [4.69, 9.17) is 0 Å². The lowest BCUT2D eigenvalue weighted by atomic mass is 10.1. The van der Waals surface area contributed by atoms with Crippen molar-refractivity contribution in [2.24, 2.45) is 0 Å². The number of carbonyl (C=O) groups is 1. The van der Waals surface area contributed by atoms with Crippen molar-refractivity contribution in [3.63, 3.8) is 0 Å². The Hall–Kier alpha value is -2.77. The summed E-state index contributed by atoms with van der Waals surface area (Å²) in [6.07, 6.45) is 0. The molecule has 2 aromatic carbocycles. The molecule has 4 rings (SSSR count). The average Bonchev–Trinajstić information content (AvgIpc) is 3.32. The third kappa shape index (κ3) is 4.46. The quantitative estimate of drug-likeness (QED) is 0.669. The molecule has 0 radical (unpaired) electrons. The molecule has 2 N–H and O–H groups in total. The fraction of sp³-hybridized carbons (Fsp3) is 0.286. The molecule has 6 nitrogen and oxygen atoms in total. The summed E-state index contributed by atoms with van der Waals surface area (Å²) in [7, 11) is 0. The third-order valence-corrected chi connectivity index (χ3v) is 4.76. The van der Waals surface area contributed by atoms with Crippen molar-refractivity contribution in [3.05, 3.63) is 76.6 Å². The molecular formula is C21H23ClFN5O. The van der Waals surface area contributed by atoms with E-state index in [-0.39, 0.29) is 35.9 Å². The smallest absolute Gasteiger partial charge is 0.291 e. The van der Waals surface area contributed by atoms with Gasteiger partial charge in [0.15, 0.2) is 0 Å². The summed E-state index contributed by atoms with van der Waals surface area (Å²) in [6, 6.07) is 12.3. The van der Waals surface area contributed by atoms with Gasteiger partial charge in [0.05, 0.1) is 5.69 Å². The second-order valence-electron chi connectivity index (χ2n) is 7.23. The molecule has 8 heteroatoms. The van der Waals surface area contributed by atoms with Crippen LogP contribution >= 0.6 is 12.4 Å². The first-order valence-electron chi connectivity index (χ1n) is 9.34. The fourth-order valence-electron chi connectivity index (χ4n) is 3.31. The molecule has 0 aliphatic carbocycles. The highest BCUT2D eigenvalue weighted by Crippen LogP contribution is 2.19. The number of nitrogens with one attached hydrogen (secondary N) is 2. The summed E-state index contributed by atoms with van der Waals surface area (Å²) in [5, 5.41) is 10.5. The summed E-state index contributed by atoms with van der Waals surface area (Å²) in [6.45, 7) is 6.06. The van der Waals surface area contributed by atoms with Crippen molar-refractivity contribution in [2.75, 3.05) is 0 Å². The van der Waals surface area contributed by atoms with E-state index in [1.165, 1.54) is 27.9 Å². The molecule has 0 saturated carbocycles. The Kier molecular flexibility index (Phi) is 6.30. The minimum absolute atomic E-state index is 0. The van der Waals surface area contributed by atoms with Crippen molar-refractivity contribution in [2.45, 2.75) is 39.4 Å². The van der Waals surface area contributed by atoms with Crippen LogP contribution in [-0.4, -0.2) is 20.7 Å². The number of nitrogens with zero attached hydrogens (tertiary/aromatic N) is 3. The molecule has 0 fully saturated rings. The Morgan fingerprint density at radius 3 is 2.76 bits per heavy atom. The number of amides is 1. The van der Waals surface area contributed by atoms with Crippen LogP contribution in [-0.2, 0) is 19.6 Å². The Balaban J connectivity index is 0.00000240. The van der Waals surface area contributed by atoms with Gasteiger partial charge in [-0.2, -0.15) is 0 Å². The van der Waals surface area contributed by atoms with Crippen LogP contribution < -0.4 is 10.6 Å². The maximum atomic E-state index is 13.6. The van der Waals surface area contributed by atoms with Gasteiger partial charge in [0.25, 0.3) is 5.91 Å². The van der Waals surface area contributed by atoms with Crippen molar-refractivity contribution >= 4 is 18.3 Å². The van der Waals surface area contributed by atoms with Crippen LogP contribution in [0.1, 0.15) is 52.9 Å². The standard InChI is InChI=1S/C21H22FN5O.ClH/c1-13(2)20-25-19(26-27(20)18-5-3-4-17(22)9-18)21(28)24-10-14-6-7-15-11-23-12-16(15)8-14;/h3-9,13,23H,10-12H2,1-2H3,(H,24,28);1H. The molecule has 152 valence electrons. The number of hydrogen-bond donors (Lipinski definition) is 2. The highest BCUT2D eigenvalue weighted by atomic mass is 35.5. The number of fused-ring (bicyclic) bond motifs is 1. The van der Waals surface area contributed by atoms with Gasteiger partial charge in [0.1, 0.15) is 11.6 Å². The Morgan fingerprint density at radius 2 is 2.00 bits per heavy atom. The fourth-order valence-corrected chi connectivity index (χ4v) is 3.31. The number of benzene rings is 2. The first-order chi connectivity index (χ1) is 13.5. The van der Waals surface area contributed by atoms with Gasteiger partial charge >= 0.3 is 0 Å². The van der Waals surface area contributed by atoms with Crippen LogP contribution in [0.25, 0.3) is 5.69 Å². The van der Waals surface area contributed by atoms with E-state index in [1.807, 2.05) is 19.9 Å². The Bertz CT molecular complexity index is 1030. The molecule has 1 amide bonds. The van der Waals surface area contributed by atoms with E-state index < -0.39 is 0 Å². The molecule has 0 saturated heterocycles. The van der Waals surface area contributed by atoms with Crippen molar-refractivity contribution < 1.29 is 9.18 Å².